The Morgan fingerprint density at radius 2 is 1.22 bits per heavy atom. The summed E-state index contributed by atoms with van der Waals surface area (Å²) in [5.41, 5.74) is 0. The minimum Gasteiger partial charge on any atom is -0.453 e. The molecule has 5 heteroatoms. The SMILES string of the molecule is Clc1ccc(Oc2ccc(Cl)cc2Oc2ccccc2)c(Cl)c1. The van der Waals surface area contributed by atoms with Gasteiger partial charge in [-0.1, -0.05) is 53.0 Å². The Morgan fingerprint density at radius 3 is 1.91 bits per heavy atom. The molecule has 0 atom stereocenters. The monoisotopic (exact) mass is 364 g/mol. The molecule has 0 radical (unpaired) electrons. The highest BCUT2D eigenvalue weighted by molar-refractivity contribution is 6.35. The van der Waals surface area contributed by atoms with Crippen molar-refractivity contribution in [1.82, 2.24) is 0 Å². The van der Waals surface area contributed by atoms with Gasteiger partial charge in [-0.05, 0) is 42.5 Å². The van der Waals surface area contributed by atoms with Crippen molar-refractivity contribution in [2.45, 2.75) is 0 Å². The minimum atomic E-state index is 0.415. The van der Waals surface area contributed by atoms with Crippen molar-refractivity contribution in [2.24, 2.45) is 0 Å². The molecular weight excluding hydrogens is 355 g/mol. The van der Waals surface area contributed by atoms with E-state index in [2.05, 4.69) is 0 Å². The van der Waals surface area contributed by atoms with Crippen LogP contribution in [0.4, 0.5) is 0 Å². The second-order valence-corrected chi connectivity index (χ2v) is 5.96. The molecule has 2 nitrogen and oxygen atoms in total. The second-order valence-electron chi connectivity index (χ2n) is 4.68. The predicted molar refractivity (Wildman–Crippen MR) is 94.5 cm³/mol. The second kappa shape index (κ2) is 7.14. The maximum Gasteiger partial charge on any atom is 0.171 e. The van der Waals surface area contributed by atoms with Gasteiger partial charge in [0.05, 0.1) is 5.02 Å². The molecule has 0 saturated carbocycles. The van der Waals surface area contributed by atoms with Crippen LogP contribution in [0.25, 0.3) is 0 Å². The quantitative estimate of drug-likeness (QED) is 0.485. The Labute approximate surface area is 149 Å². The van der Waals surface area contributed by atoms with E-state index < -0.39 is 0 Å². The van der Waals surface area contributed by atoms with E-state index in [9.17, 15) is 0 Å². The molecule has 0 heterocycles. The average Bonchev–Trinajstić information content (AvgIpc) is 2.53. The summed E-state index contributed by atoms with van der Waals surface area (Å²) in [5.74, 6) is 2.16. The van der Waals surface area contributed by atoms with Crippen molar-refractivity contribution >= 4 is 34.8 Å². The van der Waals surface area contributed by atoms with Crippen molar-refractivity contribution in [3.05, 3.63) is 81.8 Å². The summed E-state index contributed by atoms with van der Waals surface area (Å²) in [6.45, 7) is 0. The summed E-state index contributed by atoms with van der Waals surface area (Å²) >= 11 is 18.1. The zero-order valence-corrected chi connectivity index (χ0v) is 14.1. The Balaban J connectivity index is 1.92. The highest BCUT2D eigenvalue weighted by Crippen LogP contribution is 2.39. The smallest absolute Gasteiger partial charge is 0.171 e. The summed E-state index contributed by atoms with van der Waals surface area (Å²) in [7, 11) is 0. The molecule has 0 N–H and O–H groups in total. The highest BCUT2D eigenvalue weighted by Gasteiger charge is 2.11. The molecule has 0 aliphatic rings. The molecule has 3 rings (SSSR count). The average molecular weight is 366 g/mol. The van der Waals surface area contributed by atoms with E-state index in [1.54, 1.807) is 36.4 Å². The molecule has 0 aliphatic carbocycles. The van der Waals surface area contributed by atoms with Gasteiger partial charge in [-0.3, -0.25) is 0 Å². The van der Waals surface area contributed by atoms with Gasteiger partial charge in [0.2, 0.25) is 0 Å². The van der Waals surface area contributed by atoms with Crippen molar-refractivity contribution in [3.8, 4) is 23.0 Å². The minimum absolute atomic E-state index is 0.415. The van der Waals surface area contributed by atoms with Crippen molar-refractivity contribution in [3.63, 3.8) is 0 Å². The fourth-order valence-electron chi connectivity index (χ4n) is 1.94. The van der Waals surface area contributed by atoms with E-state index in [0.717, 1.165) is 0 Å². The first-order valence-electron chi connectivity index (χ1n) is 6.77. The van der Waals surface area contributed by atoms with Crippen LogP contribution in [0, 0.1) is 0 Å². The summed E-state index contributed by atoms with van der Waals surface area (Å²) in [6.07, 6.45) is 0. The fourth-order valence-corrected chi connectivity index (χ4v) is 2.55. The van der Waals surface area contributed by atoms with Crippen LogP contribution in [-0.4, -0.2) is 0 Å². The predicted octanol–water partition coefficient (Wildman–Crippen LogP) is 7.23. The number of rotatable bonds is 4. The van der Waals surface area contributed by atoms with Crippen molar-refractivity contribution in [1.29, 1.82) is 0 Å². The van der Waals surface area contributed by atoms with E-state index in [1.165, 1.54) is 0 Å². The van der Waals surface area contributed by atoms with Gasteiger partial charge in [-0.2, -0.15) is 0 Å². The first-order chi connectivity index (χ1) is 11.1. The molecule has 0 saturated heterocycles. The van der Waals surface area contributed by atoms with E-state index >= 15 is 0 Å². The molecule has 0 amide bonds. The number of para-hydroxylation sites is 1. The van der Waals surface area contributed by atoms with Crippen molar-refractivity contribution < 1.29 is 9.47 Å². The van der Waals surface area contributed by atoms with E-state index in [1.807, 2.05) is 30.3 Å². The summed E-state index contributed by atoms with van der Waals surface area (Å²) in [4.78, 5) is 0. The van der Waals surface area contributed by atoms with E-state index in [-0.39, 0.29) is 0 Å². The number of hydrogen-bond donors (Lipinski definition) is 0. The summed E-state index contributed by atoms with van der Waals surface area (Å²) < 4.78 is 11.7. The summed E-state index contributed by atoms with van der Waals surface area (Å²) in [5, 5.41) is 1.50. The van der Waals surface area contributed by atoms with Crippen LogP contribution in [0.15, 0.2) is 66.7 Å². The molecule has 0 fully saturated rings. The normalized spacial score (nSPS) is 10.4. The maximum absolute atomic E-state index is 6.15. The topological polar surface area (TPSA) is 18.5 Å². The number of halogens is 3. The lowest BCUT2D eigenvalue weighted by Gasteiger charge is -2.13. The third-order valence-corrected chi connectivity index (χ3v) is 3.76. The van der Waals surface area contributed by atoms with Gasteiger partial charge in [0.15, 0.2) is 11.5 Å². The molecule has 0 bridgehead atoms. The van der Waals surface area contributed by atoms with Gasteiger partial charge in [0, 0.05) is 16.1 Å². The number of benzene rings is 3. The van der Waals surface area contributed by atoms with Gasteiger partial charge in [-0.15, -0.1) is 0 Å². The zero-order chi connectivity index (χ0) is 16.2. The molecule has 0 unspecified atom stereocenters. The van der Waals surface area contributed by atoms with Gasteiger partial charge in [0.1, 0.15) is 11.5 Å². The molecular formula is C18H11Cl3O2. The zero-order valence-electron chi connectivity index (χ0n) is 11.8. The molecule has 116 valence electrons. The maximum atomic E-state index is 6.15. The lowest BCUT2D eigenvalue weighted by atomic mass is 10.3. The molecule has 23 heavy (non-hydrogen) atoms. The van der Waals surface area contributed by atoms with Crippen molar-refractivity contribution in [2.75, 3.05) is 0 Å². The van der Waals surface area contributed by atoms with Gasteiger partial charge in [0.25, 0.3) is 0 Å². The highest BCUT2D eigenvalue weighted by atomic mass is 35.5. The molecule has 0 aliphatic heterocycles. The van der Waals surface area contributed by atoms with E-state index in [4.69, 9.17) is 44.3 Å². The van der Waals surface area contributed by atoms with Crippen LogP contribution in [0.1, 0.15) is 0 Å². The third kappa shape index (κ3) is 4.11. The Kier molecular flexibility index (Phi) is 4.97. The Bertz CT molecular complexity index is 820. The van der Waals surface area contributed by atoms with E-state index in [0.29, 0.717) is 38.1 Å². The van der Waals surface area contributed by atoms with Crippen LogP contribution in [0.2, 0.25) is 15.1 Å². The number of ether oxygens (including phenoxy) is 2. The Morgan fingerprint density at radius 1 is 0.565 bits per heavy atom. The van der Waals surface area contributed by atoms with Gasteiger partial charge in [-0.25, -0.2) is 0 Å². The molecule has 0 spiro atoms. The third-order valence-electron chi connectivity index (χ3n) is 2.99. The largest absolute Gasteiger partial charge is 0.453 e. The lowest BCUT2D eigenvalue weighted by Crippen LogP contribution is -1.91. The first-order valence-corrected chi connectivity index (χ1v) is 7.90. The number of hydrogen-bond acceptors (Lipinski definition) is 2. The summed E-state index contributed by atoms with van der Waals surface area (Å²) in [6, 6.07) is 19.5. The van der Waals surface area contributed by atoms with Crippen LogP contribution < -0.4 is 9.47 Å². The standard InChI is InChI=1S/C18H11Cl3O2/c19-12-6-8-16(15(21)10-12)23-17-9-7-13(20)11-18(17)22-14-4-2-1-3-5-14/h1-11H. The molecule has 0 aromatic heterocycles. The molecule has 3 aromatic carbocycles. The van der Waals surface area contributed by atoms with Crippen LogP contribution in [0.3, 0.4) is 0 Å². The van der Waals surface area contributed by atoms with Crippen LogP contribution >= 0.6 is 34.8 Å². The lowest BCUT2D eigenvalue weighted by molar-refractivity contribution is 0.419. The Hall–Kier alpha value is -1.87. The molecule has 3 aromatic rings. The van der Waals surface area contributed by atoms with Crippen LogP contribution in [-0.2, 0) is 0 Å². The first kappa shape index (κ1) is 16.0. The fraction of sp³-hybridized carbons (Fsp3) is 0. The van der Waals surface area contributed by atoms with Gasteiger partial charge < -0.3 is 9.47 Å². The van der Waals surface area contributed by atoms with Gasteiger partial charge >= 0.3 is 0 Å². The van der Waals surface area contributed by atoms with Crippen LogP contribution in [0.5, 0.6) is 23.0 Å².